The van der Waals surface area contributed by atoms with Crippen molar-refractivity contribution in [3.63, 3.8) is 0 Å². The number of primary amides is 1. The molecule has 1 atom stereocenters. The van der Waals surface area contributed by atoms with Crippen LogP contribution in [-0.2, 0) is 24.4 Å². The molecule has 134 valence electrons. The molecule has 0 spiro atoms. The molecule has 1 amide bonds. The highest BCUT2D eigenvalue weighted by Crippen LogP contribution is 2.18. The van der Waals surface area contributed by atoms with E-state index >= 15 is 0 Å². The molecule has 0 aliphatic carbocycles. The van der Waals surface area contributed by atoms with E-state index in [-0.39, 0.29) is 11.8 Å². The molecule has 2 aromatic rings. The van der Waals surface area contributed by atoms with Gasteiger partial charge < -0.3 is 15.5 Å². The van der Waals surface area contributed by atoms with Gasteiger partial charge in [0.1, 0.15) is 11.5 Å². The van der Waals surface area contributed by atoms with Crippen molar-refractivity contribution >= 4 is 5.91 Å². The first-order valence-corrected chi connectivity index (χ1v) is 8.95. The summed E-state index contributed by atoms with van der Waals surface area (Å²) >= 11 is 0. The number of likely N-dealkylation sites (tertiary alicyclic amines) is 1. The van der Waals surface area contributed by atoms with Crippen molar-refractivity contribution in [1.82, 2.24) is 10.2 Å². The predicted molar refractivity (Wildman–Crippen MR) is 97.6 cm³/mol. The molecule has 5 heteroatoms. The minimum absolute atomic E-state index is 0.00430. The highest BCUT2D eigenvalue weighted by Gasteiger charge is 2.23. The Hall–Kier alpha value is -2.11. The van der Waals surface area contributed by atoms with Gasteiger partial charge in [0.25, 0.3) is 0 Å². The maximum atomic E-state index is 11.4. The number of carbonyl (C=O) groups is 1. The molecule has 3 N–H and O–H groups in total. The van der Waals surface area contributed by atoms with Gasteiger partial charge in [-0.25, -0.2) is 0 Å². The molecule has 25 heavy (non-hydrogen) atoms. The highest BCUT2D eigenvalue weighted by molar-refractivity contribution is 5.76. The lowest BCUT2D eigenvalue weighted by atomic mass is 9.97. The Bertz CT molecular complexity index is 710. The highest BCUT2D eigenvalue weighted by atomic mass is 16.3. The number of piperidine rings is 1. The van der Waals surface area contributed by atoms with Crippen LogP contribution in [0.4, 0.5) is 0 Å². The molecule has 1 aromatic carbocycles. The van der Waals surface area contributed by atoms with E-state index in [4.69, 9.17) is 10.2 Å². The molecule has 0 radical (unpaired) electrons. The third-order valence-electron chi connectivity index (χ3n) is 4.73. The maximum Gasteiger partial charge on any atom is 0.221 e. The topological polar surface area (TPSA) is 71.5 Å². The molecule has 5 nitrogen and oxygen atoms in total. The van der Waals surface area contributed by atoms with E-state index < -0.39 is 0 Å². The zero-order valence-corrected chi connectivity index (χ0v) is 14.8. The molecule has 2 heterocycles. The van der Waals surface area contributed by atoms with Crippen LogP contribution in [0.15, 0.2) is 40.8 Å². The van der Waals surface area contributed by atoms with Crippen LogP contribution in [0, 0.1) is 12.8 Å². The number of nitrogens with two attached hydrogens (primary N) is 1. The van der Waals surface area contributed by atoms with Gasteiger partial charge in [-0.15, -0.1) is 0 Å². The quantitative estimate of drug-likeness (QED) is 0.812. The van der Waals surface area contributed by atoms with Gasteiger partial charge in [0.05, 0.1) is 12.5 Å². The Balaban J connectivity index is 1.51. The van der Waals surface area contributed by atoms with Gasteiger partial charge in [-0.2, -0.15) is 0 Å². The normalized spacial score (nSPS) is 18.4. The summed E-state index contributed by atoms with van der Waals surface area (Å²) in [6, 6.07) is 12.6. The van der Waals surface area contributed by atoms with Gasteiger partial charge in [-0.1, -0.05) is 24.3 Å². The molecule has 3 rings (SSSR count). The summed E-state index contributed by atoms with van der Waals surface area (Å²) in [5.74, 6) is 1.72. The molecule has 1 aliphatic heterocycles. The second kappa shape index (κ2) is 8.32. The first kappa shape index (κ1) is 17.7. The first-order valence-electron chi connectivity index (χ1n) is 8.95. The van der Waals surface area contributed by atoms with Crippen molar-refractivity contribution in [1.29, 1.82) is 0 Å². The minimum atomic E-state index is -0.171. The lowest BCUT2D eigenvalue weighted by molar-refractivity contribution is -0.123. The molecule has 0 bridgehead atoms. The van der Waals surface area contributed by atoms with Gasteiger partial charge in [0.2, 0.25) is 5.91 Å². The number of hydrogen-bond acceptors (Lipinski definition) is 4. The second-order valence-electron chi connectivity index (χ2n) is 6.91. The van der Waals surface area contributed by atoms with Gasteiger partial charge in [-0.3, -0.25) is 9.69 Å². The monoisotopic (exact) mass is 341 g/mol. The lowest BCUT2D eigenvalue weighted by Gasteiger charge is -2.31. The Morgan fingerprint density at radius 2 is 2.12 bits per heavy atom. The van der Waals surface area contributed by atoms with Crippen LogP contribution in [0.2, 0.25) is 0 Å². The van der Waals surface area contributed by atoms with E-state index in [9.17, 15) is 4.79 Å². The Labute approximate surface area is 149 Å². The van der Waals surface area contributed by atoms with Crippen LogP contribution in [0.3, 0.4) is 0 Å². The van der Waals surface area contributed by atoms with E-state index in [1.54, 1.807) is 0 Å². The smallest absolute Gasteiger partial charge is 0.221 e. The summed E-state index contributed by atoms with van der Waals surface area (Å²) in [4.78, 5) is 13.8. The SMILES string of the molecule is Cc1ccc(CNCc2cccc(CN3CCCC(C(N)=O)C3)c2)o1. The predicted octanol–water partition coefficient (Wildman–Crippen LogP) is 2.58. The summed E-state index contributed by atoms with van der Waals surface area (Å²) in [5.41, 5.74) is 8.00. The molecule has 1 aromatic heterocycles. The standard InChI is InChI=1S/C20H27N3O2/c1-15-7-8-19(25-15)12-22-11-16-4-2-5-17(10-16)13-23-9-3-6-18(14-23)20(21)24/h2,4-5,7-8,10,18,22H,3,6,9,11-14H2,1H3,(H2,21,24). The van der Waals surface area contributed by atoms with Crippen LogP contribution < -0.4 is 11.1 Å². The van der Waals surface area contributed by atoms with Crippen molar-refractivity contribution in [3.05, 3.63) is 59.0 Å². The fourth-order valence-corrected chi connectivity index (χ4v) is 3.44. The van der Waals surface area contributed by atoms with Crippen LogP contribution in [-0.4, -0.2) is 23.9 Å². The third-order valence-corrected chi connectivity index (χ3v) is 4.73. The molecule has 1 fully saturated rings. The van der Waals surface area contributed by atoms with Gasteiger partial charge in [0, 0.05) is 19.6 Å². The third kappa shape index (κ3) is 5.18. The summed E-state index contributed by atoms with van der Waals surface area (Å²) in [7, 11) is 0. The Kier molecular flexibility index (Phi) is 5.89. The number of nitrogens with zero attached hydrogens (tertiary/aromatic N) is 1. The molecular formula is C20H27N3O2. The van der Waals surface area contributed by atoms with Crippen molar-refractivity contribution in [2.75, 3.05) is 13.1 Å². The van der Waals surface area contributed by atoms with Crippen molar-refractivity contribution in [3.8, 4) is 0 Å². The zero-order chi connectivity index (χ0) is 17.6. The van der Waals surface area contributed by atoms with E-state index in [0.717, 1.165) is 57.1 Å². The minimum Gasteiger partial charge on any atom is -0.465 e. The number of nitrogens with one attached hydrogen (secondary N) is 1. The van der Waals surface area contributed by atoms with E-state index in [0.29, 0.717) is 0 Å². The Morgan fingerprint density at radius 3 is 2.88 bits per heavy atom. The number of rotatable bonds is 7. The summed E-state index contributed by atoms with van der Waals surface area (Å²) in [6.07, 6.45) is 1.96. The number of benzene rings is 1. The molecule has 1 saturated heterocycles. The van der Waals surface area contributed by atoms with Crippen LogP contribution in [0.25, 0.3) is 0 Å². The Morgan fingerprint density at radius 1 is 1.28 bits per heavy atom. The largest absolute Gasteiger partial charge is 0.465 e. The summed E-state index contributed by atoms with van der Waals surface area (Å²) in [6.45, 7) is 6.16. The number of carbonyl (C=O) groups excluding carboxylic acids is 1. The van der Waals surface area contributed by atoms with Crippen LogP contribution in [0.5, 0.6) is 0 Å². The number of amides is 1. The van der Waals surface area contributed by atoms with E-state index in [2.05, 4.69) is 34.5 Å². The molecular weight excluding hydrogens is 314 g/mol. The second-order valence-corrected chi connectivity index (χ2v) is 6.91. The number of furan rings is 1. The van der Waals surface area contributed by atoms with Crippen molar-refractivity contribution < 1.29 is 9.21 Å². The molecule has 1 unspecified atom stereocenters. The van der Waals surface area contributed by atoms with Crippen LogP contribution in [0.1, 0.15) is 35.5 Å². The van der Waals surface area contributed by atoms with E-state index in [1.807, 2.05) is 19.1 Å². The van der Waals surface area contributed by atoms with Gasteiger partial charge in [-0.05, 0) is 49.6 Å². The molecule has 1 aliphatic rings. The van der Waals surface area contributed by atoms with Crippen molar-refractivity contribution in [2.24, 2.45) is 11.7 Å². The fraction of sp³-hybridized carbons (Fsp3) is 0.450. The summed E-state index contributed by atoms with van der Waals surface area (Å²) < 4.78 is 5.57. The van der Waals surface area contributed by atoms with E-state index in [1.165, 1.54) is 11.1 Å². The van der Waals surface area contributed by atoms with Crippen LogP contribution >= 0.6 is 0 Å². The average molecular weight is 341 g/mol. The van der Waals surface area contributed by atoms with Crippen molar-refractivity contribution in [2.45, 2.75) is 39.4 Å². The van der Waals surface area contributed by atoms with Gasteiger partial charge in [0.15, 0.2) is 0 Å². The molecule has 0 saturated carbocycles. The maximum absolute atomic E-state index is 11.4. The first-order chi connectivity index (χ1) is 12.1. The zero-order valence-electron chi connectivity index (χ0n) is 14.8. The van der Waals surface area contributed by atoms with Gasteiger partial charge >= 0.3 is 0 Å². The fourth-order valence-electron chi connectivity index (χ4n) is 3.44. The lowest BCUT2D eigenvalue weighted by Crippen LogP contribution is -2.40. The summed E-state index contributed by atoms with van der Waals surface area (Å²) in [5, 5.41) is 3.42. The average Bonchev–Trinajstić information content (AvgIpc) is 3.01. The number of hydrogen-bond donors (Lipinski definition) is 2. The number of aryl methyl sites for hydroxylation is 1.